The molecule has 0 aliphatic carbocycles. The Bertz CT molecular complexity index is 568. The fourth-order valence-corrected chi connectivity index (χ4v) is 1.86. The molecule has 1 aliphatic heterocycles. The minimum Gasteiger partial charge on any atom is -0.454 e. The third kappa shape index (κ3) is 1.49. The monoisotopic (exact) mass is 235 g/mol. The van der Waals surface area contributed by atoms with Gasteiger partial charge in [-0.05, 0) is 23.3 Å². The van der Waals surface area contributed by atoms with E-state index in [4.69, 9.17) is 15.2 Å². The van der Waals surface area contributed by atoms with E-state index in [1.54, 1.807) is 18.3 Å². The number of hydrogen-bond donors (Lipinski definition) is 2. The minimum atomic E-state index is -0.601. The normalized spacial score (nSPS) is 13.0. The summed E-state index contributed by atoms with van der Waals surface area (Å²) in [5.41, 5.74) is 7.56. The standard InChI is InChI=1S/C11H10FN3O2/c12-3-6-1-9-10(17-5-16-9)2-7(6)8-4-14-15-11(8)13/h1-2,4H,3,5H2,(H3,13,14,15). The van der Waals surface area contributed by atoms with E-state index in [1.165, 1.54) is 0 Å². The molecule has 0 saturated heterocycles. The number of aromatic nitrogens is 2. The van der Waals surface area contributed by atoms with Crippen molar-refractivity contribution >= 4 is 5.82 Å². The van der Waals surface area contributed by atoms with Crippen LogP contribution in [0.2, 0.25) is 0 Å². The zero-order valence-corrected chi connectivity index (χ0v) is 8.87. The van der Waals surface area contributed by atoms with E-state index in [0.717, 1.165) is 0 Å². The van der Waals surface area contributed by atoms with Crippen LogP contribution in [-0.2, 0) is 6.67 Å². The quantitative estimate of drug-likeness (QED) is 0.833. The highest BCUT2D eigenvalue weighted by atomic mass is 19.1. The van der Waals surface area contributed by atoms with Gasteiger partial charge in [-0.2, -0.15) is 5.10 Å². The molecule has 2 heterocycles. The van der Waals surface area contributed by atoms with E-state index in [-0.39, 0.29) is 6.79 Å². The maximum atomic E-state index is 13.0. The van der Waals surface area contributed by atoms with Crippen LogP contribution in [0, 0.1) is 0 Å². The zero-order valence-electron chi connectivity index (χ0n) is 8.87. The predicted molar refractivity (Wildman–Crippen MR) is 59.4 cm³/mol. The van der Waals surface area contributed by atoms with Crippen molar-refractivity contribution in [2.75, 3.05) is 12.5 Å². The number of fused-ring (bicyclic) bond motifs is 1. The molecule has 0 fully saturated rings. The van der Waals surface area contributed by atoms with Crippen LogP contribution in [-0.4, -0.2) is 17.0 Å². The number of nitrogens with one attached hydrogen (secondary N) is 1. The van der Waals surface area contributed by atoms with E-state index in [9.17, 15) is 4.39 Å². The van der Waals surface area contributed by atoms with Crippen LogP contribution in [0.15, 0.2) is 18.3 Å². The van der Waals surface area contributed by atoms with Gasteiger partial charge in [0.15, 0.2) is 11.5 Å². The maximum Gasteiger partial charge on any atom is 0.231 e. The second-order valence-electron chi connectivity index (χ2n) is 3.69. The summed E-state index contributed by atoms with van der Waals surface area (Å²) >= 11 is 0. The van der Waals surface area contributed by atoms with Gasteiger partial charge in [-0.1, -0.05) is 0 Å². The molecule has 3 rings (SSSR count). The number of aromatic amines is 1. The molecule has 0 saturated carbocycles. The fraction of sp³-hybridized carbons (Fsp3) is 0.182. The second-order valence-corrected chi connectivity index (χ2v) is 3.69. The van der Waals surface area contributed by atoms with Crippen LogP contribution in [0.5, 0.6) is 11.5 Å². The molecule has 6 heteroatoms. The number of halogens is 1. The van der Waals surface area contributed by atoms with Gasteiger partial charge in [0.2, 0.25) is 6.79 Å². The number of rotatable bonds is 2. The van der Waals surface area contributed by atoms with Crippen LogP contribution >= 0.6 is 0 Å². The molecule has 3 N–H and O–H groups in total. The average molecular weight is 235 g/mol. The van der Waals surface area contributed by atoms with Gasteiger partial charge in [0.05, 0.1) is 6.20 Å². The van der Waals surface area contributed by atoms with E-state index < -0.39 is 6.67 Å². The Hall–Kier alpha value is -2.24. The predicted octanol–water partition coefficient (Wildman–Crippen LogP) is 1.86. The molecule has 2 aromatic rings. The first-order valence-electron chi connectivity index (χ1n) is 5.07. The maximum absolute atomic E-state index is 13.0. The van der Waals surface area contributed by atoms with Crippen LogP contribution < -0.4 is 15.2 Å². The summed E-state index contributed by atoms with van der Waals surface area (Å²) in [6.45, 7) is -0.442. The lowest BCUT2D eigenvalue weighted by atomic mass is 10.0. The molecular weight excluding hydrogens is 225 g/mol. The second kappa shape index (κ2) is 3.65. The van der Waals surface area contributed by atoms with Crippen LogP contribution in [0.3, 0.4) is 0 Å². The Labute approximate surface area is 96.3 Å². The van der Waals surface area contributed by atoms with Gasteiger partial charge in [-0.15, -0.1) is 0 Å². The molecule has 1 aromatic carbocycles. The SMILES string of the molecule is Nc1[nH]ncc1-c1cc2c(cc1CF)OCO2. The van der Waals surface area contributed by atoms with Gasteiger partial charge in [0.25, 0.3) is 0 Å². The van der Waals surface area contributed by atoms with Crippen molar-refractivity contribution in [2.45, 2.75) is 6.67 Å². The molecule has 0 bridgehead atoms. The highest BCUT2D eigenvalue weighted by Crippen LogP contribution is 2.40. The number of nitrogens with two attached hydrogens (primary N) is 1. The summed E-state index contributed by atoms with van der Waals surface area (Å²) in [7, 11) is 0. The van der Waals surface area contributed by atoms with Crippen LogP contribution in [0.25, 0.3) is 11.1 Å². The summed E-state index contributed by atoms with van der Waals surface area (Å²) in [4.78, 5) is 0. The first kappa shape index (κ1) is 9.95. The van der Waals surface area contributed by atoms with E-state index in [0.29, 0.717) is 34.0 Å². The van der Waals surface area contributed by atoms with E-state index >= 15 is 0 Å². The van der Waals surface area contributed by atoms with Crippen LogP contribution in [0.4, 0.5) is 10.2 Å². The molecule has 0 atom stereocenters. The molecule has 1 aliphatic rings. The van der Waals surface area contributed by atoms with Crippen molar-refractivity contribution in [2.24, 2.45) is 0 Å². The molecular formula is C11H10FN3O2. The lowest BCUT2D eigenvalue weighted by Crippen LogP contribution is -1.92. The van der Waals surface area contributed by atoms with Crippen molar-refractivity contribution in [1.82, 2.24) is 10.2 Å². The molecule has 88 valence electrons. The third-order valence-electron chi connectivity index (χ3n) is 2.70. The molecule has 0 amide bonds. The van der Waals surface area contributed by atoms with Crippen molar-refractivity contribution in [3.05, 3.63) is 23.9 Å². The summed E-state index contributed by atoms with van der Waals surface area (Å²) in [6, 6.07) is 3.35. The van der Waals surface area contributed by atoms with Gasteiger partial charge in [0, 0.05) is 5.56 Å². The first-order valence-corrected chi connectivity index (χ1v) is 5.07. The van der Waals surface area contributed by atoms with Crippen LogP contribution in [0.1, 0.15) is 5.56 Å². The van der Waals surface area contributed by atoms with Gasteiger partial charge in [-0.25, -0.2) is 4.39 Å². The Kier molecular flexibility index (Phi) is 2.14. The first-order chi connectivity index (χ1) is 8.29. The number of hydrogen-bond acceptors (Lipinski definition) is 4. The molecule has 17 heavy (non-hydrogen) atoms. The molecule has 0 unspecified atom stereocenters. The summed E-state index contributed by atoms with van der Waals surface area (Å²) in [6.07, 6.45) is 1.56. The highest BCUT2D eigenvalue weighted by molar-refractivity contribution is 5.78. The van der Waals surface area contributed by atoms with Gasteiger partial charge in [0.1, 0.15) is 12.5 Å². The van der Waals surface area contributed by atoms with Crippen molar-refractivity contribution in [3.63, 3.8) is 0 Å². The van der Waals surface area contributed by atoms with Crippen molar-refractivity contribution < 1.29 is 13.9 Å². The van der Waals surface area contributed by atoms with Crippen molar-refractivity contribution in [3.8, 4) is 22.6 Å². The highest BCUT2D eigenvalue weighted by Gasteiger charge is 2.19. The smallest absolute Gasteiger partial charge is 0.231 e. The summed E-state index contributed by atoms with van der Waals surface area (Å²) < 4.78 is 23.5. The third-order valence-corrected chi connectivity index (χ3v) is 2.70. The van der Waals surface area contributed by atoms with Gasteiger partial charge >= 0.3 is 0 Å². The fourth-order valence-electron chi connectivity index (χ4n) is 1.86. The number of H-pyrrole nitrogens is 1. The Morgan fingerprint density at radius 1 is 1.29 bits per heavy atom. The number of benzene rings is 1. The number of anilines is 1. The molecule has 5 nitrogen and oxygen atoms in total. The van der Waals surface area contributed by atoms with Gasteiger partial charge < -0.3 is 15.2 Å². The van der Waals surface area contributed by atoms with E-state index in [1.807, 2.05) is 0 Å². The zero-order chi connectivity index (χ0) is 11.8. The average Bonchev–Trinajstić information content (AvgIpc) is 2.94. The Morgan fingerprint density at radius 2 is 2.06 bits per heavy atom. The minimum absolute atomic E-state index is 0.158. The largest absolute Gasteiger partial charge is 0.454 e. The molecule has 0 radical (unpaired) electrons. The number of ether oxygens (including phenoxy) is 2. The lowest BCUT2D eigenvalue weighted by molar-refractivity contribution is 0.174. The van der Waals surface area contributed by atoms with Gasteiger partial charge in [-0.3, -0.25) is 5.10 Å². The number of alkyl halides is 1. The number of nitrogen functional groups attached to an aromatic ring is 1. The summed E-state index contributed by atoms with van der Waals surface area (Å²) in [5, 5.41) is 6.44. The molecule has 1 aromatic heterocycles. The van der Waals surface area contributed by atoms with E-state index in [2.05, 4.69) is 10.2 Å². The summed E-state index contributed by atoms with van der Waals surface area (Å²) in [5.74, 6) is 1.56. The van der Waals surface area contributed by atoms with Crippen molar-refractivity contribution in [1.29, 1.82) is 0 Å². The Balaban J connectivity index is 2.19. The number of nitrogens with zero attached hydrogens (tertiary/aromatic N) is 1. The lowest BCUT2D eigenvalue weighted by Gasteiger charge is -2.07. The Morgan fingerprint density at radius 3 is 2.71 bits per heavy atom. The topological polar surface area (TPSA) is 73.2 Å². The molecule has 0 spiro atoms.